The molecule has 104 valence electrons. The molecule has 5 heteroatoms. The van der Waals surface area contributed by atoms with Crippen LogP contribution in [0.4, 0.5) is 0 Å². The summed E-state index contributed by atoms with van der Waals surface area (Å²) in [7, 11) is 0. The summed E-state index contributed by atoms with van der Waals surface area (Å²) in [6, 6.07) is 6.82. The first-order valence-electron chi connectivity index (χ1n) is 6.34. The van der Waals surface area contributed by atoms with Crippen LogP contribution in [0, 0.1) is 0 Å². The fourth-order valence-corrected chi connectivity index (χ4v) is 1.73. The largest absolute Gasteiger partial charge is 0.478 e. The molecule has 0 aromatic heterocycles. The van der Waals surface area contributed by atoms with Gasteiger partial charge in [-0.25, -0.2) is 4.79 Å². The Labute approximate surface area is 112 Å². The molecule has 0 saturated heterocycles. The molecule has 0 aliphatic carbocycles. The number of carboxylic acids is 1. The van der Waals surface area contributed by atoms with Crippen LogP contribution in [0.5, 0.6) is 0 Å². The van der Waals surface area contributed by atoms with Crippen molar-refractivity contribution >= 4 is 11.9 Å². The molecule has 1 aromatic rings. The van der Waals surface area contributed by atoms with Gasteiger partial charge in [-0.15, -0.1) is 0 Å². The van der Waals surface area contributed by atoms with Crippen LogP contribution in [0.3, 0.4) is 0 Å². The number of amides is 1. The number of hydrogen-bond acceptors (Lipinski definition) is 3. The van der Waals surface area contributed by atoms with E-state index >= 15 is 0 Å². The molecular weight excluding hydrogens is 244 g/mol. The lowest BCUT2D eigenvalue weighted by atomic mass is 10.0. The summed E-state index contributed by atoms with van der Waals surface area (Å²) in [5.41, 5.74) is 6.58. The molecule has 0 aliphatic rings. The van der Waals surface area contributed by atoms with Gasteiger partial charge in [-0.3, -0.25) is 4.79 Å². The van der Waals surface area contributed by atoms with Gasteiger partial charge in [-0.05, 0) is 31.4 Å². The smallest absolute Gasteiger partial charge is 0.335 e. The van der Waals surface area contributed by atoms with Crippen molar-refractivity contribution in [3.05, 3.63) is 35.4 Å². The van der Waals surface area contributed by atoms with E-state index in [9.17, 15) is 9.59 Å². The molecule has 1 rings (SSSR count). The molecule has 5 nitrogen and oxygen atoms in total. The van der Waals surface area contributed by atoms with Gasteiger partial charge in [0.05, 0.1) is 5.56 Å². The first-order valence-corrected chi connectivity index (χ1v) is 6.34. The lowest BCUT2D eigenvalue weighted by molar-refractivity contribution is -0.121. The van der Waals surface area contributed by atoms with E-state index in [2.05, 4.69) is 5.32 Å². The van der Waals surface area contributed by atoms with Gasteiger partial charge in [0.1, 0.15) is 0 Å². The summed E-state index contributed by atoms with van der Waals surface area (Å²) in [5.74, 6) is -0.996. The SMILES string of the molecule is CC(N)CCC(=O)NCCc1ccccc1C(=O)O. The summed E-state index contributed by atoms with van der Waals surface area (Å²) < 4.78 is 0. The summed E-state index contributed by atoms with van der Waals surface area (Å²) in [6.07, 6.45) is 1.56. The van der Waals surface area contributed by atoms with Crippen LogP contribution in [-0.2, 0) is 11.2 Å². The Kier molecular flexibility index (Phi) is 6.02. The molecule has 1 aromatic carbocycles. The Balaban J connectivity index is 2.41. The van der Waals surface area contributed by atoms with Crippen molar-refractivity contribution in [3.8, 4) is 0 Å². The second kappa shape index (κ2) is 7.53. The normalized spacial score (nSPS) is 11.9. The number of nitrogens with one attached hydrogen (secondary N) is 1. The molecule has 1 amide bonds. The first-order chi connectivity index (χ1) is 9.00. The van der Waals surface area contributed by atoms with E-state index in [1.807, 2.05) is 6.92 Å². The maximum atomic E-state index is 11.5. The van der Waals surface area contributed by atoms with E-state index in [1.54, 1.807) is 24.3 Å². The van der Waals surface area contributed by atoms with E-state index in [1.165, 1.54) is 0 Å². The lowest BCUT2D eigenvalue weighted by Crippen LogP contribution is -2.27. The van der Waals surface area contributed by atoms with Crippen LogP contribution in [0.1, 0.15) is 35.7 Å². The molecular formula is C14H20N2O3. The molecule has 0 fully saturated rings. The van der Waals surface area contributed by atoms with Crippen LogP contribution >= 0.6 is 0 Å². The van der Waals surface area contributed by atoms with E-state index in [4.69, 9.17) is 10.8 Å². The van der Waals surface area contributed by atoms with Crippen LogP contribution < -0.4 is 11.1 Å². The van der Waals surface area contributed by atoms with Gasteiger partial charge in [-0.1, -0.05) is 18.2 Å². The predicted molar refractivity (Wildman–Crippen MR) is 73.0 cm³/mol. The van der Waals surface area contributed by atoms with Gasteiger partial charge in [0.25, 0.3) is 0 Å². The molecule has 0 bridgehead atoms. The number of hydrogen-bond donors (Lipinski definition) is 3. The highest BCUT2D eigenvalue weighted by molar-refractivity contribution is 5.89. The average molecular weight is 264 g/mol. The van der Waals surface area contributed by atoms with Gasteiger partial charge in [-0.2, -0.15) is 0 Å². The quantitative estimate of drug-likeness (QED) is 0.689. The van der Waals surface area contributed by atoms with Crippen molar-refractivity contribution in [1.29, 1.82) is 0 Å². The van der Waals surface area contributed by atoms with Gasteiger partial charge in [0.15, 0.2) is 0 Å². The standard InChI is InChI=1S/C14H20N2O3/c1-10(15)6-7-13(17)16-9-8-11-4-2-3-5-12(11)14(18)19/h2-5,10H,6-9,15H2,1H3,(H,16,17)(H,18,19). The molecule has 0 spiro atoms. The third kappa shape index (κ3) is 5.52. The third-order valence-electron chi connectivity index (χ3n) is 2.79. The van der Waals surface area contributed by atoms with E-state index in [-0.39, 0.29) is 17.5 Å². The number of rotatable bonds is 7. The summed E-state index contributed by atoms with van der Waals surface area (Å²) in [4.78, 5) is 22.5. The zero-order valence-electron chi connectivity index (χ0n) is 11.1. The fraction of sp³-hybridized carbons (Fsp3) is 0.429. The van der Waals surface area contributed by atoms with Crippen LogP contribution in [0.15, 0.2) is 24.3 Å². The maximum absolute atomic E-state index is 11.5. The molecule has 1 atom stereocenters. The summed E-state index contributed by atoms with van der Waals surface area (Å²) in [5, 5.41) is 11.8. The number of aromatic carboxylic acids is 1. The maximum Gasteiger partial charge on any atom is 0.335 e. The minimum atomic E-state index is -0.945. The molecule has 4 N–H and O–H groups in total. The molecule has 0 radical (unpaired) electrons. The average Bonchev–Trinajstić information content (AvgIpc) is 2.36. The van der Waals surface area contributed by atoms with Crippen molar-refractivity contribution < 1.29 is 14.7 Å². The lowest BCUT2D eigenvalue weighted by Gasteiger charge is -2.08. The first kappa shape index (κ1) is 15.2. The van der Waals surface area contributed by atoms with Crippen molar-refractivity contribution in [1.82, 2.24) is 5.32 Å². The third-order valence-corrected chi connectivity index (χ3v) is 2.79. The Morgan fingerprint density at radius 1 is 1.37 bits per heavy atom. The highest BCUT2D eigenvalue weighted by Crippen LogP contribution is 2.09. The second-order valence-corrected chi connectivity index (χ2v) is 4.58. The topological polar surface area (TPSA) is 92.4 Å². The molecule has 0 saturated carbocycles. The van der Waals surface area contributed by atoms with Gasteiger partial charge >= 0.3 is 5.97 Å². The highest BCUT2D eigenvalue weighted by Gasteiger charge is 2.09. The van der Waals surface area contributed by atoms with E-state index in [0.29, 0.717) is 25.8 Å². The minimum absolute atomic E-state index is 0.0125. The summed E-state index contributed by atoms with van der Waals surface area (Å²) >= 11 is 0. The number of carboxylic acid groups (broad SMARTS) is 1. The molecule has 0 aliphatic heterocycles. The number of carbonyl (C=O) groups is 2. The van der Waals surface area contributed by atoms with Gasteiger partial charge in [0.2, 0.25) is 5.91 Å². The van der Waals surface area contributed by atoms with E-state index in [0.717, 1.165) is 5.56 Å². The molecule has 19 heavy (non-hydrogen) atoms. The van der Waals surface area contributed by atoms with Crippen molar-refractivity contribution in [3.63, 3.8) is 0 Å². The summed E-state index contributed by atoms with van der Waals surface area (Å²) in [6.45, 7) is 2.29. The van der Waals surface area contributed by atoms with Gasteiger partial charge < -0.3 is 16.2 Å². The fourth-order valence-electron chi connectivity index (χ4n) is 1.73. The number of benzene rings is 1. The van der Waals surface area contributed by atoms with Crippen molar-refractivity contribution in [2.24, 2.45) is 5.73 Å². The molecule has 0 heterocycles. The van der Waals surface area contributed by atoms with Crippen LogP contribution in [0.25, 0.3) is 0 Å². The van der Waals surface area contributed by atoms with Crippen molar-refractivity contribution in [2.75, 3.05) is 6.54 Å². The van der Waals surface area contributed by atoms with Gasteiger partial charge in [0, 0.05) is 19.0 Å². The van der Waals surface area contributed by atoms with E-state index < -0.39 is 5.97 Å². The Morgan fingerprint density at radius 3 is 2.68 bits per heavy atom. The van der Waals surface area contributed by atoms with Crippen LogP contribution in [-0.4, -0.2) is 29.6 Å². The monoisotopic (exact) mass is 264 g/mol. The minimum Gasteiger partial charge on any atom is -0.478 e. The Bertz CT molecular complexity index is 444. The van der Waals surface area contributed by atoms with Crippen LogP contribution in [0.2, 0.25) is 0 Å². The number of nitrogens with two attached hydrogens (primary N) is 1. The van der Waals surface area contributed by atoms with Crippen molar-refractivity contribution in [2.45, 2.75) is 32.2 Å². The highest BCUT2D eigenvalue weighted by atomic mass is 16.4. The molecule has 1 unspecified atom stereocenters. The Morgan fingerprint density at radius 2 is 2.05 bits per heavy atom. The second-order valence-electron chi connectivity index (χ2n) is 4.58. The zero-order valence-corrected chi connectivity index (χ0v) is 11.1. The predicted octanol–water partition coefficient (Wildman–Crippen LogP) is 1.17. The zero-order chi connectivity index (χ0) is 14.3. The Hall–Kier alpha value is -1.88. The number of carbonyl (C=O) groups excluding carboxylic acids is 1.